The summed E-state index contributed by atoms with van der Waals surface area (Å²) in [6.45, 7) is 8.12. The molecule has 4 atom stereocenters. The fraction of sp³-hybridized carbons (Fsp3) is 0.733. The molecule has 0 saturated carbocycles. The number of hydrogen-bond donors (Lipinski definition) is 1. The van der Waals surface area contributed by atoms with Crippen LogP contribution >= 0.6 is 0 Å². The Morgan fingerprint density at radius 3 is 2.65 bits per heavy atom. The van der Waals surface area contributed by atoms with Gasteiger partial charge in [-0.1, -0.05) is 38.2 Å². The summed E-state index contributed by atoms with van der Waals surface area (Å²) in [7, 11) is 0. The number of hydrogen-bond acceptors (Lipinski definition) is 2. The topological polar surface area (TPSA) is 32.8 Å². The lowest BCUT2D eigenvalue weighted by atomic mass is 9.94. The van der Waals surface area contributed by atoms with Gasteiger partial charge in [-0.3, -0.25) is 0 Å². The Morgan fingerprint density at radius 2 is 2.06 bits per heavy atom. The molecule has 0 aliphatic carbocycles. The van der Waals surface area contributed by atoms with Crippen molar-refractivity contribution in [3.05, 3.63) is 24.3 Å². The zero-order valence-electron chi connectivity index (χ0n) is 11.5. The van der Waals surface area contributed by atoms with Crippen molar-refractivity contribution in [2.75, 3.05) is 0 Å². The van der Waals surface area contributed by atoms with Gasteiger partial charge in [-0.15, -0.1) is 0 Å². The summed E-state index contributed by atoms with van der Waals surface area (Å²) in [5.74, 6) is 0.535. The molecule has 0 aromatic rings. The van der Waals surface area contributed by atoms with Gasteiger partial charge in [0.15, 0.2) is 0 Å². The highest BCUT2D eigenvalue weighted by atomic mass is 16.6. The lowest BCUT2D eigenvalue weighted by molar-refractivity contribution is 0.0393. The maximum atomic E-state index is 9.96. The van der Waals surface area contributed by atoms with Gasteiger partial charge in [0, 0.05) is 6.42 Å². The lowest BCUT2D eigenvalue weighted by Crippen LogP contribution is -2.25. The van der Waals surface area contributed by atoms with E-state index in [4.69, 9.17) is 4.74 Å². The minimum absolute atomic E-state index is 0.266. The summed E-state index contributed by atoms with van der Waals surface area (Å²) in [6, 6.07) is 0. The summed E-state index contributed by atoms with van der Waals surface area (Å²) in [5.41, 5.74) is -0.566. The molecule has 1 fully saturated rings. The van der Waals surface area contributed by atoms with Gasteiger partial charge >= 0.3 is 0 Å². The monoisotopic (exact) mass is 238 g/mol. The van der Waals surface area contributed by atoms with Crippen LogP contribution in [0.15, 0.2) is 24.3 Å². The quantitative estimate of drug-likeness (QED) is 0.544. The standard InChI is InChI=1S/C15H26O2/c1-5-7-8-9-12(3)10-13-14(17-13)11-15(4,16)6-2/h5,7-9,12-14,16H,6,10-11H2,1-4H3/b7-5-,9-8+. The van der Waals surface area contributed by atoms with Crippen molar-refractivity contribution in [1.29, 1.82) is 0 Å². The Labute approximate surface area is 105 Å². The Bertz CT molecular complexity index is 279. The maximum absolute atomic E-state index is 9.96. The minimum Gasteiger partial charge on any atom is -0.390 e. The van der Waals surface area contributed by atoms with Gasteiger partial charge in [-0.2, -0.15) is 0 Å². The average molecular weight is 238 g/mol. The van der Waals surface area contributed by atoms with E-state index in [1.165, 1.54) is 0 Å². The molecular formula is C15H26O2. The van der Waals surface area contributed by atoms with Crippen LogP contribution in [0.25, 0.3) is 0 Å². The molecule has 1 rings (SSSR count). The second-order valence-electron chi connectivity index (χ2n) is 5.39. The molecule has 1 heterocycles. The molecular weight excluding hydrogens is 212 g/mol. The molecule has 1 aliphatic heterocycles. The van der Waals surface area contributed by atoms with Crippen molar-refractivity contribution in [2.24, 2.45) is 5.92 Å². The minimum atomic E-state index is -0.566. The smallest absolute Gasteiger partial charge is 0.0869 e. The third kappa shape index (κ3) is 5.51. The summed E-state index contributed by atoms with van der Waals surface area (Å²) in [5, 5.41) is 9.96. The van der Waals surface area contributed by atoms with Crippen LogP contribution in [0, 0.1) is 5.92 Å². The first-order valence-corrected chi connectivity index (χ1v) is 6.66. The van der Waals surface area contributed by atoms with Gasteiger partial charge in [0.25, 0.3) is 0 Å². The summed E-state index contributed by atoms with van der Waals surface area (Å²) in [4.78, 5) is 0. The molecule has 98 valence electrons. The van der Waals surface area contributed by atoms with Crippen molar-refractivity contribution in [2.45, 2.75) is 64.8 Å². The van der Waals surface area contributed by atoms with E-state index in [1.807, 2.05) is 32.9 Å². The molecule has 0 radical (unpaired) electrons. The van der Waals surface area contributed by atoms with E-state index in [2.05, 4.69) is 19.1 Å². The van der Waals surface area contributed by atoms with Crippen molar-refractivity contribution in [3.63, 3.8) is 0 Å². The van der Waals surface area contributed by atoms with Crippen LogP contribution in [0.3, 0.4) is 0 Å². The first kappa shape index (κ1) is 14.5. The molecule has 0 bridgehead atoms. The number of aliphatic hydroxyl groups is 1. The summed E-state index contributed by atoms with van der Waals surface area (Å²) < 4.78 is 5.62. The Hall–Kier alpha value is -0.600. The van der Waals surface area contributed by atoms with Crippen LogP contribution in [-0.2, 0) is 4.74 Å². The number of epoxide rings is 1. The molecule has 17 heavy (non-hydrogen) atoms. The van der Waals surface area contributed by atoms with E-state index in [0.29, 0.717) is 12.0 Å². The van der Waals surface area contributed by atoms with Crippen molar-refractivity contribution in [3.8, 4) is 0 Å². The molecule has 1 N–H and O–H groups in total. The largest absolute Gasteiger partial charge is 0.390 e. The molecule has 1 saturated heterocycles. The SMILES string of the molecule is C/C=C\C=C\C(C)CC1OC1CC(C)(O)CC. The number of ether oxygens (including phenoxy) is 1. The second kappa shape index (κ2) is 6.36. The van der Waals surface area contributed by atoms with Crippen LogP contribution in [0.5, 0.6) is 0 Å². The Morgan fingerprint density at radius 1 is 1.35 bits per heavy atom. The molecule has 4 unspecified atom stereocenters. The Kier molecular flexibility index (Phi) is 5.41. The van der Waals surface area contributed by atoms with E-state index in [-0.39, 0.29) is 6.10 Å². The van der Waals surface area contributed by atoms with Gasteiger partial charge in [-0.25, -0.2) is 0 Å². The lowest BCUT2D eigenvalue weighted by Gasteiger charge is -2.19. The molecule has 2 nitrogen and oxygen atoms in total. The van der Waals surface area contributed by atoms with Crippen LogP contribution in [0.4, 0.5) is 0 Å². The maximum Gasteiger partial charge on any atom is 0.0869 e. The first-order valence-electron chi connectivity index (χ1n) is 6.66. The third-order valence-electron chi connectivity index (χ3n) is 3.44. The third-order valence-corrected chi connectivity index (χ3v) is 3.44. The fourth-order valence-electron chi connectivity index (χ4n) is 1.95. The highest BCUT2D eigenvalue weighted by Crippen LogP contribution is 2.35. The molecule has 1 aliphatic rings. The van der Waals surface area contributed by atoms with Crippen LogP contribution in [0.1, 0.15) is 47.0 Å². The van der Waals surface area contributed by atoms with Gasteiger partial charge < -0.3 is 9.84 Å². The van der Waals surface area contributed by atoms with Crippen LogP contribution < -0.4 is 0 Å². The van der Waals surface area contributed by atoms with Gasteiger partial charge in [0.2, 0.25) is 0 Å². The average Bonchev–Trinajstić information content (AvgIpc) is 2.95. The highest BCUT2D eigenvalue weighted by Gasteiger charge is 2.42. The molecule has 0 aromatic heterocycles. The van der Waals surface area contributed by atoms with E-state index in [0.717, 1.165) is 19.3 Å². The van der Waals surface area contributed by atoms with E-state index in [1.54, 1.807) is 0 Å². The van der Waals surface area contributed by atoms with Gasteiger partial charge in [-0.05, 0) is 32.6 Å². The van der Waals surface area contributed by atoms with Crippen molar-refractivity contribution >= 4 is 0 Å². The number of rotatable bonds is 7. The number of allylic oxidation sites excluding steroid dienone is 4. The normalized spacial score (nSPS) is 29.7. The Balaban J connectivity index is 2.24. The van der Waals surface area contributed by atoms with Crippen molar-refractivity contribution in [1.82, 2.24) is 0 Å². The van der Waals surface area contributed by atoms with Gasteiger partial charge in [0.05, 0.1) is 17.8 Å². The predicted octanol–water partition coefficient (Wildman–Crippen LogP) is 3.46. The zero-order valence-corrected chi connectivity index (χ0v) is 11.5. The van der Waals surface area contributed by atoms with Crippen LogP contribution in [0.2, 0.25) is 0 Å². The summed E-state index contributed by atoms with van der Waals surface area (Å²) in [6.07, 6.45) is 11.6. The molecule has 0 spiro atoms. The zero-order chi connectivity index (χ0) is 12.9. The summed E-state index contributed by atoms with van der Waals surface area (Å²) >= 11 is 0. The predicted molar refractivity (Wildman–Crippen MR) is 71.9 cm³/mol. The first-order chi connectivity index (χ1) is 7.98. The highest BCUT2D eigenvalue weighted by molar-refractivity contribution is 5.04. The van der Waals surface area contributed by atoms with Crippen molar-refractivity contribution < 1.29 is 9.84 Å². The molecule has 2 heteroatoms. The molecule has 0 aromatic carbocycles. The van der Waals surface area contributed by atoms with Crippen LogP contribution in [-0.4, -0.2) is 22.9 Å². The van der Waals surface area contributed by atoms with E-state index in [9.17, 15) is 5.11 Å². The molecule has 0 amide bonds. The van der Waals surface area contributed by atoms with Gasteiger partial charge in [0.1, 0.15) is 0 Å². The van der Waals surface area contributed by atoms with E-state index >= 15 is 0 Å². The fourth-order valence-corrected chi connectivity index (χ4v) is 1.95. The van der Waals surface area contributed by atoms with E-state index < -0.39 is 5.60 Å². The second-order valence-corrected chi connectivity index (χ2v) is 5.39.